The Morgan fingerprint density at radius 3 is 2.61 bits per heavy atom. The molecule has 3 aromatic rings. The predicted molar refractivity (Wildman–Crippen MR) is 109 cm³/mol. The highest BCUT2D eigenvalue weighted by Crippen LogP contribution is 2.25. The van der Waals surface area contributed by atoms with Crippen molar-refractivity contribution in [1.29, 1.82) is 0 Å². The number of para-hydroxylation sites is 1. The summed E-state index contributed by atoms with van der Waals surface area (Å²) >= 11 is 12.2. The van der Waals surface area contributed by atoms with Crippen LogP contribution in [0, 0.1) is 13.8 Å². The summed E-state index contributed by atoms with van der Waals surface area (Å²) in [6, 6.07) is 12.4. The Balaban J connectivity index is 1.76. The summed E-state index contributed by atoms with van der Waals surface area (Å²) < 4.78 is 11.1. The summed E-state index contributed by atoms with van der Waals surface area (Å²) in [7, 11) is 1.72. The number of halogens is 2. The number of carbonyl (C=O) groups excluding carboxylic acids is 1. The molecule has 2 aromatic carbocycles. The minimum absolute atomic E-state index is 0.166. The highest BCUT2D eigenvalue weighted by molar-refractivity contribution is 6.35. The molecule has 7 heteroatoms. The third-order valence-electron chi connectivity index (χ3n) is 4.44. The Hall–Kier alpha value is -2.50. The van der Waals surface area contributed by atoms with Gasteiger partial charge in [-0.2, -0.15) is 0 Å². The van der Waals surface area contributed by atoms with Gasteiger partial charge in [0.1, 0.15) is 18.1 Å². The molecule has 0 aliphatic rings. The van der Waals surface area contributed by atoms with Gasteiger partial charge in [0.25, 0.3) is 5.91 Å². The molecule has 1 amide bonds. The summed E-state index contributed by atoms with van der Waals surface area (Å²) in [5, 5.41) is 5.00. The van der Waals surface area contributed by atoms with E-state index in [4.69, 9.17) is 32.5 Å². The highest BCUT2D eigenvalue weighted by atomic mass is 35.5. The second-order valence-corrected chi connectivity index (χ2v) is 7.33. The van der Waals surface area contributed by atoms with E-state index in [2.05, 4.69) is 5.16 Å². The number of hydrogen-bond donors (Lipinski definition) is 0. The fourth-order valence-electron chi connectivity index (χ4n) is 2.81. The van der Waals surface area contributed by atoms with Crippen molar-refractivity contribution in [3.05, 3.63) is 80.7 Å². The molecule has 0 unspecified atom stereocenters. The van der Waals surface area contributed by atoms with Crippen LogP contribution in [0.25, 0.3) is 0 Å². The molecule has 3 rings (SSSR count). The van der Waals surface area contributed by atoms with Crippen LogP contribution in [0.2, 0.25) is 10.0 Å². The van der Waals surface area contributed by atoms with E-state index in [1.54, 1.807) is 42.3 Å². The van der Waals surface area contributed by atoms with E-state index in [1.165, 1.54) is 0 Å². The van der Waals surface area contributed by atoms with E-state index in [-0.39, 0.29) is 12.5 Å². The molecule has 0 aliphatic heterocycles. The Morgan fingerprint density at radius 2 is 1.93 bits per heavy atom. The molecule has 5 nitrogen and oxygen atoms in total. The SMILES string of the molecule is Cc1noc(C)c1COc1ccccc1C(=O)N(C)Cc1ccc(Cl)cc1Cl. The van der Waals surface area contributed by atoms with Gasteiger partial charge in [0.05, 0.1) is 16.8 Å². The first kappa shape index (κ1) is 20.2. The summed E-state index contributed by atoms with van der Waals surface area (Å²) in [6.07, 6.45) is 0. The summed E-state index contributed by atoms with van der Waals surface area (Å²) in [4.78, 5) is 14.6. The van der Waals surface area contributed by atoms with Crippen LogP contribution in [0.15, 0.2) is 47.0 Å². The second-order valence-electron chi connectivity index (χ2n) is 6.48. The lowest BCUT2D eigenvalue weighted by Crippen LogP contribution is -2.26. The van der Waals surface area contributed by atoms with E-state index in [0.29, 0.717) is 33.7 Å². The van der Waals surface area contributed by atoms with Gasteiger partial charge in [-0.05, 0) is 43.7 Å². The van der Waals surface area contributed by atoms with Gasteiger partial charge in [0.2, 0.25) is 0 Å². The Morgan fingerprint density at radius 1 is 1.18 bits per heavy atom. The van der Waals surface area contributed by atoms with Crippen molar-refractivity contribution in [2.45, 2.75) is 27.0 Å². The summed E-state index contributed by atoms with van der Waals surface area (Å²) in [5.41, 5.74) is 2.94. The van der Waals surface area contributed by atoms with Crippen LogP contribution >= 0.6 is 23.2 Å². The average molecular weight is 419 g/mol. The minimum Gasteiger partial charge on any atom is -0.488 e. The second kappa shape index (κ2) is 8.67. The number of benzene rings is 2. The van der Waals surface area contributed by atoms with E-state index in [0.717, 1.165) is 16.8 Å². The number of carbonyl (C=O) groups is 1. The third-order valence-corrected chi connectivity index (χ3v) is 5.03. The maximum Gasteiger partial charge on any atom is 0.257 e. The van der Waals surface area contributed by atoms with E-state index in [9.17, 15) is 4.79 Å². The topological polar surface area (TPSA) is 55.6 Å². The summed E-state index contributed by atoms with van der Waals surface area (Å²) in [5.74, 6) is 1.04. The fraction of sp³-hybridized carbons (Fsp3) is 0.238. The molecule has 28 heavy (non-hydrogen) atoms. The summed E-state index contributed by atoms with van der Waals surface area (Å²) in [6.45, 7) is 4.32. The van der Waals surface area contributed by atoms with Gasteiger partial charge in [-0.1, -0.05) is 46.6 Å². The van der Waals surface area contributed by atoms with Gasteiger partial charge in [-0.25, -0.2) is 0 Å². The van der Waals surface area contributed by atoms with Crippen LogP contribution in [0.5, 0.6) is 5.75 Å². The van der Waals surface area contributed by atoms with E-state index < -0.39 is 0 Å². The fourth-order valence-corrected chi connectivity index (χ4v) is 3.28. The molecule has 0 bridgehead atoms. The first-order valence-electron chi connectivity index (χ1n) is 8.69. The molecule has 0 radical (unpaired) electrons. The van der Waals surface area contributed by atoms with Crippen LogP contribution < -0.4 is 4.74 Å². The Labute approximate surface area is 173 Å². The molecule has 0 fully saturated rings. The van der Waals surface area contributed by atoms with Crippen molar-refractivity contribution in [3.63, 3.8) is 0 Å². The number of aryl methyl sites for hydroxylation is 2. The number of rotatable bonds is 6. The molecule has 146 valence electrons. The van der Waals surface area contributed by atoms with Crippen LogP contribution in [-0.4, -0.2) is 23.0 Å². The average Bonchev–Trinajstić information content (AvgIpc) is 2.99. The molecule has 0 aliphatic carbocycles. The largest absolute Gasteiger partial charge is 0.488 e. The Bertz CT molecular complexity index is 982. The van der Waals surface area contributed by atoms with Crippen LogP contribution in [-0.2, 0) is 13.2 Å². The smallest absolute Gasteiger partial charge is 0.257 e. The van der Waals surface area contributed by atoms with E-state index >= 15 is 0 Å². The Kier molecular flexibility index (Phi) is 6.27. The van der Waals surface area contributed by atoms with Crippen molar-refractivity contribution < 1.29 is 14.1 Å². The number of nitrogens with zero attached hydrogens (tertiary/aromatic N) is 2. The number of ether oxygens (including phenoxy) is 1. The first-order valence-corrected chi connectivity index (χ1v) is 9.45. The lowest BCUT2D eigenvalue weighted by atomic mass is 10.1. The van der Waals surface area contributed by atoms with Gasteiger partial charge >= 0.3 is 0 Å². The zero-order valence-corrected chi connectivity index (χ0v) is 17.3. The molecule has 0 spiro atoms. The van der Waals surface area contributed by atoms with Crippen molar-refractivity contribution in [2.24, 2.45) is 0 Å². The molecule has 0 N–H and O–H groups in total. The molecular weight excluding hydrogens is 399 g/mol. The highest BCUT2D eigenvalue weighted by Gasteiger charge is 2.19. The molecule has 0 saturated carbocycles. The van der Waals surface area contributed by atoms with Crippen LogP contribution in [0.1, 0.15) is 32.9 Å². The first-order chi connectivity index (χ1) is 13.4. The number of aromatic nitrogens is 1. The molecule has 0 saturated heterocycles. The van der Waals surface area contributed by atoms with Crippen molar-refractivity contribution in [1.82, 2.24) is 10.1 Å². The maximum absolute atomic E-state index is 13.0. The maximum atomic E-state index is 13.0. The van der Waals surface area contributed by atoms with E-state index in [1.807, 2.05) is 26.0 Å². The third kappa shape index (κ3) is 4.49. The van der Waals surface area contributed by atoms with Crippen molar-refractivity contribution >= 4 is 29.1 Å². The van der Waals surface area contributed by atoms with Crippen molar-refractivity contribution in [3.8, 4) is 5.75 Å². The minimum atomic E-state index is -0.166. The van der Waals surface area contributed by atoms with Gasteiger partial charge in [-0.15, -0.1) is 0 Å². The zero-order chi connectivity index (χ0) is 20.3. The van der Waals surface area contributed by atoms with Crippen LogP contribution in [0.3, 0.4) is 0 Å². The van der Waals surface area contributed by atoms with Crippen molar-refractivity contribution in [2.75, 3.05) is 7.05 Å². The lowest BCUT2D eigenvalue weighted by molar-refractivity contribution is 0.0780. The molecule has 0 atom stereocenters. The molecule has 1 aromatic heterocycles. The van der Waals surface area contributed by atoms with Gasteiger partial charge in [0, 0.05) is 23.6 Å². The quantitative estimate of drug-likeness (QED) is 0.533. The van der Waals surface area contributed by atoms with Gasteiger partial charge in [0.15, 0.2) is 0 Å². The predicted octanol–water partition coefficient (Wildman–Crippen LogP) is 5.45. The number of amides is 1. The molecular formula is C21H20Cl2N2O3. The van der Waals surface area contributed by atoms with Gasteiger partial charge < -0.3 is 14.2 Å². The monoisotopic (exact) mass is 418 g/mol. The normalized spacial score (nSPS) is 10.8. The zero-order valence-electron chi connectivity index (χ0n) is 15.8. The van der Waals surface area contributed by atoms with Crippen LogP contribution in [0.4, 0.5) is 0 Å². The van der Waals surface area contributed by atoms with Gasteiger partial charge in [-0.3, -0.25) is 4.79 Å². The number of hydrogen-bond acceptors (Lipinski definition) is 4. The molecule has 1 heterocycles. The lowest BCUT2D eigenvalue weighted by Gasteiger charge is -2.20. The standard InChI is InChI=1S/C21H20Cl2N2O3/c1-13-18(14(2)28-24-13)12-27-20-7-5-4-6-17(20)21(26)25(3)11-15-8-9-16(22)10-19(15)23/h4-10H,11-12H2,1-3H3.